The van der Waals surface area contributed by atoms with Gasteiger partial charge in [0.05, 0.1) is 0 Å². The Kier molecular flexibility index (Phi) is 5.88. The van der Waals surface area contributed by atoms with Crippen LogP contribution in [0.15, 0.2) is 28.8 Å². The number of aromatic nitrogens is 3. The molecule has 5 rings (SSSR count). The summed E-state index contributed by atoms with van der Waals surface area (Å²) in [5, 5.41) is 6.76. The highest BCUT2D eigenvalue weighted by atomic mass is 16.5. The van der Waals surface area contributed by atoms with Crippen molar-refractivity contribution in [3.8, 4) is 5.75 Å². The highest BCUT2D eigenvalue weighted by Crippen LogP contribution is 2.26. The van der Waals surface area contributed by atoms with E-state index in [2.05, 4.69) is 32.6 Å². The Labute approximate surface area is 187 Å². The van der Waals surface area contributed by atoms with Gasteiger partial charge in [-0.1, -0.05) is 11.2 Å². The van der Waals surface area contributed by atoms with Crippen molar-refractivity contribution in [1.29, 1.82) is 0 Å². The third-order valence-electron chi connectivity index (χ3n) is 6.31. The molecule has 2 heterocycles. The van der Waals surface area contributed by atoms with Gasteiger partial charge in [-0.05, 0) is 80.7 Å². The standard InChI is InChI=1S/C25H28N4O3/c1-16-21-7-4-8-22(21)28-24(27-16)11-12-26-25(30)23-14-20(32-29-23)15-31-19-10-9-17-5-2-3-6-18(17)13-19/h9-10,13-14H,2-8,11-12,15H2,1H3,(H,26,30). The van der Waals surface area contributed by atoms with E-state index in [1.807, 2.05) is 13.0 Å². The fourth-order valence-electron chi connectivity index (χ4n) is 4.62. The van der Waals surface area contributed by atoms with Crippen LogP contribution in [0.3, 0.4) is 0 Å². The largest absolute Gasteiger partial charge is 0.486 e. The minimum absolute atomic E-state index is 0.237. The molecule has 166 valence electrons. The first kappa shape index (κ1) is 20.7. The number of ether oxygens (including phenoxy) is 1. The van der Waals surface area contributed by atoms with Crippen LogP contribution >= 0.6 is 0 Å². The zero-order valence-electron chi connectivity index (χ0n) is 18.4. The Hall–Kier alpha value is -3.22. The van der Waals surface area contributed by atoms with E-state index in [4.69, 9.17) is 9.26 Å². The number of nitrogens with one attached hydrogen (secondary N) is 1. The number of hydrogen-bond acceptors (Lipinski definition) is 6. The van der Waals surface area contributed by atoms with Crippen molar-refractivity contribution in [3.05, 3.63) is 69.6 Å². The predicted molar refractivity (Wildman–Crippen MR) is 119 cm³/mol. The van der Waals surface area contributed by atoms with Crippen LogP contribution in [-0.2, 0) is 38.7 Å². The van der Waals surface area contributed by atoms with E-state index in [9.17, 15) is 4.79 Å². The summed E-state index contributed by atoms with van der Waals surface area (Å²) in [4.78, 5) is 21.7. The van der Waals surface area contributed by atoms with Gasteiger partial charge in [0.15, 0.2) is 11.5 Å². The monoisotopic (exact) mass is 432 g/mol. The van der Waals surface area contributed by atoms with Gasteiger partial charge in [0, 0.05) is 30.4 Å². The quantitative estimate of drug-likeness (QED) is 0.612. The first-order valence-electron chi connectivity index (χ1n) is 11.5. The first-order chi connectivity index (χ1) is 15.7. The van der Waals surface area contributed by atoms with Crippen LogP contribution < -0.4 is 10.1 Å². The van der Waals surface area contributed by atoms with Crippen molar-refractivity contribution in [2.75, 3.05) is 6.54 Å². The summed E-state index contributed by atoms with van der Waals surface area (Å²) in [6.45, 7) is 2.73. The number of benzene rings is 1. The van der Waals surface area contributed by atoms with Crippen LogP contribution in [0.1, 0.15) is 69.4 Å². The van der Waals surface area contributed by atoms with Gasteiger partial charge in [0.1, 0.15) is 18.2 Å². The summed E-state index contributed by atoms with van der Waals surface area (Å²) in [6, 6.07) is 7.89. The maximum atomic E-state index is 12.4. The highest BCUT2D eigenvalue weighted by molar-refractivity contribution is 5.92. The molecule has 0 fully saturated rings. The molecule has 2 aliphatic rings. The molecule has 0 saturated carbocycles. The number of nitrogens with zero attached hydrogens (tertiary/aromatic N) is 3. The molecule has 7 heteroatoms. The Morgan fingerprint density at radius 3 is 2.84 bits per heavy atom. The average Bonchev–Trinajstić information content (AvgIpc) is 3.47. The summed E-state index contributed by atoms with van der Waals surface area (Å²) >= 11 is 0. The fourth-order valence-corrected chi connectivity index (χ4v) is 4.62. The Bertz CT molecular complexity index is 1140. The average molecular weight is 433 g/mol. The number of aryl methyl sites for hydroxylation is 4. The summed E-state index contributed by atoms with van der Waals surface area (Å²) < 4.78 is 11.1. The van der Waals surface area contributed by atoms with Gasteiger partial charge in [-0.25, -0.2) is 9.97 Å². The summed E-state index contributed by atoms with van der Waals surface area (Å²) in [7, 11) is 0. The second kappa shape index (κ2) is 9.10. The number of carbonyl (C=O) groups is 1. The molecule has 32 heavy (non-hydrogen) atoms. The third kappa shape index (κ3) is 4.52. The van der Waals surface area contributed by atoms with Crippen LogP contribution in [0.4, 0.5) is 0 Å². The molecule has 0 radical (unpaired) electrons. The number of hydrogen-bond donors (Lipinski definition) is 1. The second-order valence-electron chi connectivity index (χ2n) is 8.61. The molecule has 0 aliphatic heterocycles. The van der Waals surface area contributed by atoms with Crippen LogP contribution in [0, 0.1) is 6.92 Å². The molecule has 3 aromatic rings. The molecule has 2 aromatic heterocycles. The molecule has 1 N–H and O–H groups in total. The topological polar surface area (TPSA) is 90.1 Å². The van der Waals surface area contributed by atoms with Gasteiger partial charge < -0.3 is 14.6 Å². The third-order valence-corrected chi connectivity index (χ3v) is 6.31. The number of rotatable bonds is 7. The van der Waals surface area contributed by atoms with E-state index in [-0.39, 0.29) is 18.2 Å². The van der Waals surface area contributed by atoms with E-state index >= 15 is 0 Å². The second-order valence-corrected chi connectivity index (χ2v) is 8.61. The van der Waals surface area contributed by atoms with Gasteiger partial charge in [-0.3, -0.25) is 4.79 Å². The van der Waals surface area contributed by atoms with Gasteiger partial charge in [-0.15, -0.1) is 0 Å². The van der Waals surface area contributed by atoms with Crippen molar-refractivity contribution in [2.24, 2.45) is 0 Å². The summed E-state index contributed by atoms with van der Waals surface area (Å²) in [5.41, 5.74) is 6.56. The van der Waals surface area contributed by atoms with E-state index in [1.165, 1.54) is 35.2 Å². The Balaban J connectivity index is 1.12. The number of amides is 1. The van der Waals surface area contributed by atoms with Gasteiger partial charge in [-0.2, -0.15) is 0 Å². The zero-order valence-corrected chi connectivity index (χ0v) is 18.4. The van der Waals surface area contributed by atoms with Crippen LogP contribution in [0.25, 0.3) is 0 Å². The summed E-state index contributed by atoms with van der Waals surface area (Å²) in [5.74, 6) is 1.84. The van der Waals surface area contributed by atoms with Crippen molar-refractivity contribution in [2.45, 2.75) is 64.9 Å². The van der Waals surface area contributed by atoms with Gasteiger partial charge in [0.2, 0.25) is 0 Å². The molecular formula is C25H28N4O3. The van der Waals surface area contributed by atoms with Crippen molar-refractivity contribution in [1.82, 2.24) is 20.4 Å². The molecule has 1 amide bonds. The van der Waals surface area contributed by atoms with Crippen molar-refractivity contribution in [3.63, 3.8) is 0 Å². The highest BCUT2D eigenvalue weighted by Gasteiger charge is 2.18. The van der Waals surface area contributed by atoms with Crippen LogP contribution in [-0.4, -0.2) is 27.6 Å². The van der Waals surface area contributed by atoms with E-state index in [1.54, 1.807) is 6.07 Å². The van der Waals surface area contributed by atoms with E-state index in [0.717, 1.165) is 49.4 Å². The lowest BCUT2D eigenvalue weighted by molar-refractivity contribution is 0.0944. The Morgan fingerprint density at radius 1 is 1.06 bits per heavy atom. The van der Waals surface area contributed by atoms with Gasteiger partial charge in [0.25, 0.3) is 5.91 Å². The first-order valence-corrected chi connectivity index (χ1v) is 11.5. The lowest BCUT2D eigenvalue weighted by Crippen LogP contribution is -2.26. The van der Waals surface area contributed by atoms with Crippen molar-refractivity contribution >= 4 is 5.91 Å². The van der Waals surface area contributed by atoms with E-state index < -0.39 is 0 Å². The molecule has 0 spiro atoms. The molecule has 0 atom stereocenters. The lowest BCUT2D eigenvalue weighted by Gasteiger charge is -2.16. The maximum absolute atomic E-state index is 12.4. The molecule has 1 aromatic carbocycles. The predicted octanol–water partition coefficient (Wildman–Crippen LogP) is 3.69. The molecule has 0 saturated heterocycles. The smallest absolute Gasteiger partial charge is 0.273 e. The molecular weight excluding hydrogens is 404 g/mol. The Morgan fingerprint density at radius 2 is 1.94 bits per heavy atom. The zero-order chi connectivity index (χ0) is 21.9. The minimum atomic E-state index is -0.272. The molecule has 2 aliphatic carbocycles. The SMILES string of the molecule is Cc1nc(CCNC(=O)c2cc(COc3ccc4c(c3)CCCC4)on2)nc2c1CCC2. The molecule has 7 nitrogen and oxygen atoms in total. The molecule has 0 bridgehead atoms. The normalized spacial score (nSPS) is 14.7. The maximum Gasteiger partial charge on any atom is 0.273 e. The van der Waals surface area contributed by atoms with Crippen molar-refractivity contribution < 1.29 is 14.1 Å². The van der Waals surface area contributed by atoms with Gasteiger partial charge >= 0.3 is 0 Å². The fraction of sp³-hybridized carbons (Fsp3) is 0.440. The van der Waals surface area contributed by atoms with E-state index in [0.29, 0.717) is 18.7 Å². The number of carbonyl (C=O) groups excluding carboxylic acids is 1. The minimum Gasteiger partial charge on any atom is -0.486 e. The lowest BCUT2D eigenvalue weighted by atomic mass is 9.92. The number of fused-ring (bicyclic) bond motifs is 2. The summed E-state index contributed by atoms with van der Waals surface area (Å²) in [6.07, 6.45) is 8.58. The van der Waals surface area contributed by atoms with Crippen LogP contribution in [0.5, 0.6) is 5.75 Å². The van der Waals surface area contributed by atoms with Crippen LogP contribution in [0.2, 0.25) is 0 Å². The molecule has 0 unspecified atom stereocenters.